The van der Waals surface area contributed by atoms with Crippen LogP contribution in [0.2, 0.25) is 0 Å². The summed E-state index contributed by atoms with van der Waals surface area (Å²) >= 11 is -1.61. The molecule has 0 aromatic heterocycles. The van der Waals surface area contributed by atoms with Gasteiger partial charge in [-0.25, -0.2) is 18.0 Å². The zero-order valence-electron chi connectivity index (χ0n) is 7.02. The standard InChI is InChI=1S/C8H6F3IO2/c1-3-6(10)4(8(13)14)2-5(9)12-7(3)11/h2,7H,1H3,(H,13,14)/t7-/m0/s1. The zero-order chi connectivity index (χ0) is 10.9. The Morgan fingerprint density at radius 1 is 1.57 bits per heavy atom. The van der Waals surface area contributed by atoms with Gasteiger partial charge in [0.15, 0.2) is 7.94 Å². The molecule has 0 fully saturated rings. The molecular formula is C8H6F3IO2. The van der Waals surface area contributed by atoms with Gasteiger partial charge >= 0.3 is 5.97 Å². The highest BCUT2D eigenvalue weighted by Crippen LogP contribution is 2.31. The normalized spacial score (nSPS) is 23.3. The summed E-state index contributed by atoms with van der Waals surface area (Å²) in [6.45, 7) is 1.13. The van der Waals surface area contributed by atoms with Gasteiger partial charge in [0.2, 0.25) is 0 Å². The Hall–Kier alpha value is -0.660. The first-order chi connectivity index (χ1) is 6.43. The van der Waals surface area contributed by atoms with Crippen molar-refractivity contribution >= 4 is 30.5 Å². The molecule has 0 spiro atoms. The minimum atomic E-state index is -1.69. The number of aliphatic carboxylic acids is 1. The molecule has 78 valence electrons. The molecule has 1 aliphatic rings. The third kappa shape index (κ3) is 2.23. The summed E-state index contributed by atoms with van der Waals surface area (Å²) in [6, 6.07) is 0. The quantitative estimate of drug-likeness (QED) is 0.596. The largest absolute Gasteiger partial charge is 0.478 e. The summed E-state index contributed by atoms with van der Waals surface area (Å²) in [5.74, 6) is -2.76. The lowest BCUT2D eigenvalue weighted by Crippen LogP contribution is -2.04. The van der Waals surface area contributed by atoms with Crippen molar-refractivity contribution in [1.29, 1.82) is 0 Å². The SMILES string of the molecule is CC1=C(F)C(C(=O)O)=CC(F)=I[C@@H]1F. The highest BCUT2D eigenvalue weighted by atomic mass is 127. The molecule has 1 N–H and O–H groups in total. The van der Waals surface area contributed by atoms with E-state index in [4.69, 9.17) is 5.11 Å². The number of rotatable bonds is 1. The van der Waals surface area contributed by atoms with Crippen molar-refractivity contribution in [3.8, 4) is 0 Å². The zero-order valence-corrected chi connectivity index (χ0v) is 9.18. The van der Waals surface area contributed by atoms with Crippen LogP contribution in [-0.2, 0) is 4.79 Å². The van der Waals surface area contributed by atoms with Crippen LogP contribution in [0.25, 0.3) is 0 Å². The van der Waals surface area contributed by atoms with E-state index in [0.29, 0.717) is 6.08 Å². The van der Waals surface area contributed by atoms with Crippen molar-refractivity contribution in [2.75, 3.05) is 0 Å². The summed E-state index contributed by atoms with van der Waals surface area (Å²) in [7, 11) is 0. The van der Waals surface area contributed by atoms with Crippen molar-refractivity contribution in [2.45, 2.75) is 11.1 Å². The average Bonchev–Trinajstić information content (AvgIpc) is 2.18. The summed E-state index contributed by atoms with van der Waals surface area (Å²) < 4.78 is 36.5. The molecule has 2 nitrogen and oxygen atoms in total. The number of halogens is 4. The van der Waals surface area contributed by atoms with Crippen LogP contribution in [0.1, 0.15) is 6.92 Å². The Morgan fingerprint density at radius 3 is 2.64 bits per heavy atom. The van der Waals surface area contributed by atoms with Crippen LogP contribution >= 0.6 is 20.7 Å². The molecule has 1 aliphatic heterocycles. The Bertz CT molecular complexity index is 371. The first kappa shape index (κ1) is 11.4. The maximum absolute atomic E-state index is 13.2. The average molecular weight is 318 g/mol. The van der Waals surface area contributed by atoms with E-state index in [9.17, 15) is 18.0 Å². The van der Waals surface area contributed by atoms with Crippen LogP contribution in [-0.4, -0.2) is 19.0 Å². The van der Waals surface area contributed by atoms with Crippen molar-refractivity contribution in [2.24, 2.45) is 0 Å². The predicted octanol–water partition coefficient (Wildman–Crippen LogP) is 2.62. The maximum atomic E-state index is 13.2. The van der Waals surface area contributed by atoms with E-state index in [1.165, 1.54) is 0 Å². The summed E-state index contributed by atoms with van der Waals surface area (Å²) in [6.07, 6.45) is 0.564. The lowest BCUT2D eigenvalue weighted by atomic mass is 10.1. The Labute approximate surface area is 87.9 Å². The summed E-state index contributed by atoms with van der Waals surface area (Å²) in [5.41, 5.74) is -1.14. The van der Waals surface area contributed by atoms with Crippen LogP contribution in [0.4, 0.5) is 13.2 Å². The molecule has 0 saturated heterocycles. The Balaban J connectivity index is 3.29. The predicted molar refractivity (Wildman–Crippen MR) is 54.6 cm³/mol. The van der Waals surface area contributed by atoms with Gasteiger partial charge < -0.3 is 5.11 Å². The number of allylic oxidation sites excluding steroid dienone is 2. The van der Waals surface area contributed by atoms with Crippen molar-refractivity contribution in [3.63, 3.8) is 0 Å². The number of carboxylic acids is 1. The second kappa shape index (κ2) is 4.24. The van der Waals surface area contributed by atoms with Crippen molar-refractivity contribution in [3.05, 3.63) is 23.0 Å². The van der Waals surface area contributed by atoms with Gasteiger partial charge in [-0.3, -0.25) is 0 Å². The van der Waals surface area contributed by atoms with E-state index >= 15 is 0 Å². The van der Waals surface area contributed by atoms with Crippen LogP contribution in [0.3, 0.4) is 0 Å². The molecule has 0 aliphatic carbocycles. The molecule has 0 amide bonds. The number of carboxylic acid groups (broad SMARTS) is 1. The number of hydrogen-bond donors (Lipinski definition) is 1. The smallest absolute Gasteiger partial charge is 0.338 e. The Morgan fingerprint density at radius 2 is 2.14 bits per heavy atom. The van der Waals surface area contributed by atoms with Gasteiger partial charge in [-0.2, -0.15) is 0 Å². The molecule has 0 bridgehead atoms. The fourth-order valence-corrected chi connectivity index (χ4v) is 2.60. The number of hydrogen-bond acceptors (Lipinski definition) is 1. The first-order valence-electron chi connectivity index (χ1n) is 3.55. The van der Waals surface area contributed by atoms with Crippen molar-refractivity contribution in [1.82, 2.24) is 0 Å². The minimum Gasteiger partial charge on any atom is -0.478 e. The van der Waals surface area contributed by atoms with Crippen LogP contribution in [0.15, 0.2) is 23.0 Å². The maximum Gasteiger partial charge on any atom is 0.338 e. The molecule has 0 unspecified atom stereocenters. The lowest BCUT2D eigenvalue weighted by Gasteiger charge is -2.02. The highest BCUT2D eigenvalue weighted by Gasteiger charge is 2.24. The molecule has 1 heterocycles. The van der Waals surface area contributed by atoms with E-state index in [1.807, 2.05) is 0 Å². The number of alkyl halides is 2. The van der Waals surface area contributed by atoms with Gasteiger partial charge in [-0.15, -0.1) is 0 Å². The third-order valence-corrected chi connectivity index (χ3v) is 3.98. The monoisotopic (exact) mass is 318 g/mol. The van der Waals surface area contributed by atoms with Gasteiger partial charge in [0.25, 0.3) is 0 Å². The lowest BCUT2D eigenvalue weighted by molar-refractivity contribution is -0.132. The van der Waals surface area contributed by atoms with Gasteiger partial charge in [-0.05, 0) is 33.7 Å². The Kier molecular flexibility index (Phi) is 3.46. The van der Waals surface area contributed by atoms with Crippen LogP contribution in [0, 0.1) is 0 Å². The van der Waals surface area contributed by atoms with E-state index in [-0.39, 0.29) is 5.57 Å². The molecule has 14 heavy (non-hydrogen) atoms. The second-order valence-electron chi connectivity index (χ2n) is 2.56. The van der Waals surface area contributed by atoms with E-state index in [2.05, 4.69) is 0 Å². The van der Waals surface area contributed by atoms with Gasteiger partial charge in [0.05, 0.1) is 5.57 Å². The molecule has 0 saturated carbocycles. The van der Waals surface area contributed by atoms with Crippen LogP contribution < -0.4 is 0 Å². The summed E-state index contributed by atoms with van der Waals surface area (Å²) in [5, 5.41) is 8.52. The highest BCUT2D eigenvalue weighted by molar-refractivity contribution is 14.2. The van der Waals surface area contributed by atoms with Crippen molar-refractivity contribution < 1.29 is 23.1 Å². The fourth-order valence-electron chi connectivity index (χ4n) is 0.841. The number of carbonyl (C=O) groups is 1. The molecule has 0 aromatic carbocycles. The molecular weight excluding hydrogens is 312 g/mol. The second-order valence-corrected chi connectivity index (χ2v) is 5.31. The topological polar surface area (TPSA) is 37.3 Å². The van der Waals surface area contributed by atoms with Gasteiger partial charge in [0.1, 0.15) is 5.83 Å². The van der Waals surface area contributed by atoms with Gasteiger partial charge in [-0.1, -0.05) is 0 Å². The van der Waals surface area contributed by atoms with Gasteiger partial charge in [0, 0.05) is 5.57 Å². The fraction of sp³-hybridized carbons (Fsp3) is 0.250. The minimum absolute atomic E-state index is 0.334. The molecule has 0 radical (unpaired) electrons. The van der Waals surface area contributed by atoms with E-state index in [0.717, 1.165) is 6.92 Å². The molecule has 1 rings (SSSR count). The van der Waals surface area contributed by atoms with E-state index in [1.54, 1.807) is 0 Å². The third-order valence-electron chi connectivity index (χ3n) is 1.59. The van der Waals surface area contributed by atoms with E-state index < -0.39 is 46.0 Å². The molecule has 1 atom stereocenters. The molecule has 0 aromatic rings. The van der Waals surface area contributed by atoms with Crippen LogP contribution in [0.5, 0.6) is 0 Å². The summed E-state index contributed by atoms with van der Waals surface area (Å²) in [4.78, 5) is 10.5. The first-order valence-corrected chi connectivity index (χ1v) is 5.87. The molecule has 6 heteroatoms.